The van der Waals surface area contributed by atoms with E-state index >= 15 is 0 Å². The molecule has 0 radical (unpaired) electrons. The summed E-state index contributed by atoms with van der Waals surface area (Å²) in [6.07, 6.45) is 7.44. The van der Waals surface area contributed by atoms with Gasteiger partial charge < -0.3 is 0 Å². The van der Waals surface area contributed by atoms with Crippen LogP contribution in [-0.2, 0) is 0 Å². The van der Waals surface area contributed by atoms with Crippen molar-refractivity contribution >= 4 is 0 Å². The van der Waals surface area contributed by atoms with Crippen LogP contribution in [-0.4, -0.2) is 0 Å². The zero-order chi connectivity index (χ0) is 9.19. The predicted molar refractivity (Wildman–Crippen MR) is 55.1 cm³/mol. The molecular formula is C12H20. The monoisotopic (exact) mass is 164 g/mol. The maximum atomic E-state index is 4.07. The van der Waals surface area contributed by atoms with E-state index in [1.807, 2.05) is 0 Å². The highest BCUT2D eigenvalue weighted by Gasteiger charge is 2.33. The third-order valence-electron chi connectivity index (χ3n) is 3.32. The molecule has 0 saturated heterocycles. The first-order valence-corrected chi connectivity index (χ1v) is 4.89. The summed E-state index contributed by atoms with van der Waals surface area (Å²) in [4.78, 5) is 0. The van der Waals surface area contributed by atoms with Crippen LogP contribution in [0.15, 0.2) is 24.8 Å². The molecule has 0 nitrogen and oxygen atoms in total. The van der Waals surface area contributed by atoms with Crippen molar-refractivity contribution in [3.63, 3.8) is 0 Å². The molecule has 0 spiro atoms. The molecule has 12 heavy (non-hydrogen) atoms. The lowest BCUT2D eigenvalue weighted by Gasteiger charge is -2.39. The van der Waals surface area contributed by atoms with E-state index in [1.54, 1.807) is 0 Å². The first-order valence-electron chi connectivity index (χ1n) is 4.89. The van der Waals surface area contributed by atoms with Crippen molar-refractivity contribution in [3.8, 4) is 0 Å². The van der Waals surface area contributed by atoms with Crippen LogP contribution in [0.5, 0.6) is 0 Å². The van der Waals surface area contributed by atoms with Crippen LogP contribution in [0, 0.1) is 11.3 Å². The summed E-state index contributed by atoms with van der Waals surface area (Å²) in [5.41, 5.74) is 1.65. The van der Waals surface area contributed by atoms with Crippen LogP contribution in [0.3, 0.4) is 0 Å². The fourth-order valence-electron chi connectivity index (χ4n) is 2.41. The number of allylic oxidation sites excluding steroid dienone is 2. The Bertz CT molecular complexity index is 190. The van der Waals surface area contributed by atoms with Crippen LogP contribution >= 0.6 is 0 Å². The van der Waals surface area contributed by atoms with E-state index in [4.69, 9.17) is 0 Å². The highest BCUT2D eigenvalue weighted by atomic mass is 14.4. The summed E-state index contributed by atoms with van der Waals surface area (Å²) in [6.45, 7) is 12.5. The second-order valence-corrected chi connectivity index (χ2v) is 4.35. The molecular weight excluding hydrogens is 144 g/mol. The first kappa shape index (κ1) is 9.57. The van der Waals surface area contributed by atoms with Crippen LogP contribution in [0.4, 0.5) is 0 Å². The maximum absolute atomic E-state index is 4.07. The number of rotatable bonds is 2. The van der Waals surface area contributed by atoms with Crippen molar-refractivity contribution in [1.29, 1.82) is 0 Å². The van der Waals surface area contributed by atoms with Gasteiger partial charge in [0, 0.05) is 0 Å². The molecule has 0 unspecified atom stereocenters. The minimum Gasteiger partial charge on any atom is -0.103 e. The Kier molecular flexibility index (Phi) is 2.76. The largest absolute Gasteiger partial charge is 0.103 e. The highest BCUT2D eigenvalue weighted by molar-refractivity contribution is 5.10. The van der Waals surface area contributed by atoms with Gasteiger partial charge in [0.1, 0.15) is 0 Å². The molecule has 0 N–H and O–H groups in total. The van der Waals surface area contributed by atoms with Crippen molar-refractivity contribution in [1.82, 2.24) is 0 Å². The molecule has 2 atom stereocenters. The lowest BCUT2D eigenvalue weighted by atomic mass is 9.65. The van der Waals surface area contributed by atoms with Gasteiger partial charge in [-0.05, 0) is 31.1 Å². The van der Waals surface area contributed by atoms with E-state index in [9.17, 15) is 0 Å². The van der Waals surface area contributed by atoms with Gasteiger partial charge in [-0.15, -0.1) is 6.58 Å². The predicted octanol–water partition coefficient (Wildman–Crippen LogP) is 3.95. The Morgan fingerprint density at radius 1 is 1.50 bits per heavy atom. The normalized spacial score (nSPS) is 36.0. The van der Waals surface area contributed by atoms with E-state index < -0.39 is 0 Å². The van der Waals surface area contributed by atoms with E-state index in [0.29, 0.717) is 11.3 Å². The molecule has 0 bridgehead atoms. The summed E-state index contributed by atoms with van der Waals surface area (Å²) >= 11 is 0. The molecule has 0 aromatic heterocycles. The van der Waals surface area contributed by atoms with Gasteiger partial charge in [-0.2, -0.15) is 0 Å². The summed E-state index contributed by atoms with van der Waals surface area (Å²) in [5.74, 6) is 0.670. The summed E-state index contributed by atoms with van der Waals surface area (Å²) in [5, 5.41) is 0. The van der Waals surface area contributed by atoms with Gasteiger partial charge in [0.25, 0.3) is 0 Å². The Morgan fingerprint density at radius 3 is 2.58 bits per heavy atom. The number of hydrogen-bond donors (Lipinski definition) is 0. The summed E-state index contributed by atoms with van der Waals surface area (Å²) < 4.78 is 0. The molecule has 1 aliphatic rings. The molecule has 0 aromatic rings. The second kappa shape index (κ2) is 3.47. The second-order valence-electron chi connectivity index (χ2n) is 4.35. The fraction of sp³-hybridized carbons (Fsp3) is 0.667. The molecule has 0 heterocycles. The van der Waals surface area contributed by atoms with Gasteiger partial charge in [0.2, 0.25) is 0 Å². The van der Waals surface area contributed by atoms with Crippen molar-refractivity contribution in [2.24, 2.45) is 11.3 Å². The average Bonchev–Trinajstić information content (AvgIpc) is 2.05. The minimum atomic E-state index is 0.323. The Hall–Kier alpha value is -0.520. The Balaban J connectivity index is 2.80. The molecule has 1 aliphatic carbocycles. The fourth-order valence-corrected chi connectivity index (χ4v) is 2.41. The molecule has 0 amide bonds. The van der Waals surface area contributed by atoms with Gasteiger partial charge in [0.15, 0.2) is 0 Å². The number of hydrogen-bond acceptors (Lipinski definition) is 0. The Labute approximate surface area is 76.4 Å². The zero-order valence-corrected chi connectivity index (χ0v) is 8.40. The molecule has 0 aromatic carbocycles. The van der Waals surface area contributed by atoms with Gasteiger partial charge >= 0.3 is 0 Å². The molecule has 68 valence electrons. The minimum absolute atomic E-state index is 0.323. The topological polar surface area (TPSA) is 0 Å². The highest BCUT2D eigenvalue weighted by Crippen LogP contribution is 2.44. The van der Waals surface area contributed by atoms with Gasteiger partial charge in [-0.3, -0.25) is 0 Å². The van der Waals surface area contributed by atoms with Gasteiger partial charge in [-0.25, -0.2) is 0 Å². The third kappa shape index (κ3) is 1.63. The third-order valence-corrected chi connectivity index (χ3v) is 3.32. The smallest absolute Gasteiger partial charge is 0.00840 e. The lowest BCUT2D eigenvalue weighted by Crippen LogP contribution is -2.29. The first-order chi connectivity index (χ1) is 5.60. The van der Waals surface area contributed by atoms with Crippen molar-refractivity contribution in [2.45, 2.75) is 39.5 Å². The molecule has 1 saturated carbocycles. The standard InChI is InChI=1S/C12H20/c1-5-12(4)9-7-6-8-11(12)10(2)3/h5,11H,1-2,6-9H2,3-4H3/t11-,12+/m0/s1. The molecule has 0 heteroatoms. The van der Waals surface area contributed by atoms with Crippen LogP contribution in [0.25, 0.3) is 0 Å². The van der Waals surface area contributed by atoms with Crippen molar-refractivity contribution in [2.75, 3.05) is 0 Å². The summed E-state index contributed by atoms with van der Waals surface area (Å²) in [6, 6.07) is 0. The Morgan fingerprint density at radius 2 is 2.17 bits per heavy atom. The summed E-state index contributed by atoms with van der Waals surface area (Å²) in [7, 11) is 0. The lowest BCUT2D eigenvalue weighted by molar-refractivity contribution is 0.205. The zero-order valence-electron chi connectivity index (χ0n) is 8.40. The van der Waals surface area contributed by atoms with Crippen LogP contribution in [0.1, 0.15) is 39.5 Å². The van der Waals surface area contributed by atoms with Gasteiger partial charge in [-0.1, -0.05) is 38.0 Å². The molecule has 1 rings (SSSR count). The van der Waals surface area contributed by atoms with Gasteiger partial charge in [0.05, 0.1) is 0 Å². The van der Waals surface area contributed by atoms with E-state index in [0.717, 1.165) is 0 Å². The molecule has 0 aliphatic heterocycles. The maximum Gasteiger partial charge on any atom is -0.00840 e. The SMILES string of the molecule is C=C[C@]1(C)CCCC[C@H]1C(=C)C. The van der Waals surface area contributed by atoms with E-state index in [1.165, 1.54) is 31.3 Å². The van der Waals surface area contributed by atoms with Crippen molar-refractivity contribution < 1.29 is 0 Å². The van der Waals surface area contributed by atoms with Crippen LogP contribution < -0.4 is 0 Å². The van der Waals surface area contributed by atoms with E-state index in [2.05, 4.69) is 33.1 Å². The average molecular weight is 164 g/mol. The van der Waals surface area contributed by atoms with Crippen LogP contribution in [0.2, 0.25) is 0 Å². The van der Waals surface area contributed by atoms with E-state index in [-0.39, 0.29) is 0 Å². The quantitative estimate of drug-likeness (QED) is 0.542. The molecule has 1 fully saturated rings. The van der Waals surface area contributed by atoms with Crippen molar-refractivity contribution in [3.05, 3.63) is 24.8 Å².